The van der Waals surface area contributed by atoms with Crippen LogP contribution >= 0.6 is 0 Å². The molecule has 2 N–H and O–H groups in total. The Bertz CT molecular complexity index is 354. The zero-order valence-electron chi connectivity index (χ0n) is 11.1. The highest BCUT2D eigenvalue weighted by Gasteiger charge is 2.18. The van der Waals surface area contributed by atoms with Crippen molar-refractivity contribution >= 4 is 5.91 Å². The number of carbonyl (C=O) groups excluding carboxylic acids is 1. The maximum atomic E-state index is 11.8. The summed E-state index contributed by atoms with van der Waals surface area (Å²) >= 11 is 0. The summed E-state index contributed by atoms with van der Waals surface area (Å²) in [6.07, 6.45) is 0. The van der Waals surface area contributed by atoms with Crippen LogP contribution in [0.25, 0.3) is 0 Å². The second-order valence-electron chi connectivity index (χ2n) is 5.32. The van der Waals surface area contributed by atoms with Gasteiger partial charge in [0.25, 0.3) is 0 Å². The number of hydrogen-bond acceptors (Lipinski definition) is 2. The lowest BCUT2D eigenvalue weighted by Crippen LogP contribution is -2.49. The molecular formula is C14H22N2O. The first kappa shape index (κ1) is 13.7. The van der Waals surface area contributed by atoms with E-state index < -0.39 is 0 Å². The van der Waals surface area contributed by atoms with Gasteiger partial charge in [0.05, 0.1) is 6.04 Å². The Balaban J connectivity index is 2.40. The fourth-order valence-electron chi connectivity index (χ4n) is 1.65. The number of amides is 1. The maximum Gasteiger partial charge on any atom is 0.237 e. The van der Waals surface area contributed by atoms with Crippen molar-refractivity contribution in [1.82, 2.24) is 10.6 Å². The van der Waals surface area contributed by atoms with Crippen molar-refractivity contribution < 1.29 is 4.79 Å². The summed E-state index contributed by atoms with van der Waals surface area (Å²) in [6, 6.07) is 9.73. The molecule has 1 amide bonds. The summed E-state index contributed by atoms with van der Waals surface area (Å²) in [5, 5.41) is 6.16. The van der Waals surface area contributed by atoms with Gasteiger partial charge in [0.1, 0.15) is 0 Å². The van der Waals surface area contributed by atoms with Crippen LogP contribution in [0.15, 0.2) is 30.3 Å². The first-order valence-electron chi connectivity index (χ1n) is 5.98. The van der Waals surface area contributed by atoms with Crippen LogP contribution < -0.4 is 10.6 Å². The molecule has 0 fully saturated rings. The van der Waals surface area contributed by atoms with Crippen molar-refractivity contribution in [2.45, 2.75) is 45.8 Å². The molecule has 17 heavy (non-hydrogen) atoms. The van der Waals surface area contributed by atoms with Gasteiger partial charge in [0.2, 0.25) is 5.91 Å². The van der Waals surface area contributed by atoms with Crippen LogP contribution in [-0.4, -0.2) is 17.5 Å². The number of benzene rings is 1. The van der Waals surface area contributed by atoms with E-state index >= 15 is 0 Å². The molecule has 1 atom stereocenters. The van der Waals surface area contributed by atoms with Gasteiger partial charge in [-0.25, -0.2) is 0 Å². The fraction of sp³-hybridized carbons (Fsp3) is 0.500. The van der Waals surface area contributed by atoms with E-state index in [-0.39, 0.29) is 17.5 Å². The van der Waals surface area contributed by atoms with E-state index in [4.69, 9.17) is 0 Å². The topological polar surface area (TPSA) is 41.1 Å². The molecule has 0 bridgehead atoms. The number of nitrogens with one attached hydrogen (secondary N) is 2. The molecule has 0 radical (unpaired) electrons. The van der Waals surface area contributed by atoms with Gasteiger partial charge >= 0.3 is 0 Å². The van der Waals surface area contributed by atoms with Crippen LogP contribution in [0.2, 0.25) is 0 Å². The average Bonchev–Trinajstić information content (AvgIpc) is 2.25. The predicted molar refractivity (Wildman–Crippen MR) is 70.6 cm³/mol. The first-order chi connectivity index (χ1) is 7.88. The third kappa shape index (κ3) is 5.50. The minimum Gasteiger partial charge on any atom is -0.351 e. The second-order valence-corrected chi connectivity index (χ2v) is 5.32. The van der Waals surface area contributed by atoms with Gasteiger partial charge in [-0.2, -0.15) is 0 Å². The second kappa shape index (κ2) is 5.82. The molecule has 0 aliphatic heterocycles. The molecule has 0 saturated heterocycles. The van der Waals surface area contributed by atoms with E-state index in [0.29, 0.717) is 6.54 Å². The molecule has 0 aromatic heterocycles. The minimum absolute atomic E-state index is 0.0313. The van der Waals surface area contributed by atoms with Crippen molar-refractivity contribution in [3.63, 3.8) is 0 Å². The summed E-state index contributed by atoms with van der Waals surface area (Å²) in [7, 11) is 0. The standard InChI is InChI=1S/C14H22N2O/c1-11(16-14(2,3)4)13(17)15-10-12-8-6-5-7-9-12/h5-9,11,16H,10H2,1-4H3,(H,15,17). The largest absolute Gasteiger partial charge is 0.351 e. The summed E-state index contributed by atoms with van der Waals surface area (Å²) in [5.41, 5.74) is 1.06. The van der Waals surface area contributed by atoms with E-state index in [1.54, 1.807) is 0 Å². The first-order valence-corrected chi connectivity index (χ1v) is 5.98. The van der Waals surface area contributed by atoms with Crippen LogP contribution in [0, 0.1) is 0 Å². The molecule has 3 nitrogen and oxygen atoms in total. The highest BCUT2D eigenvalue weighted by atomic mass is 16.2. The summed E-state index contributed by atoms with van der Waals surface area (Å²) in [4.78, 5) is 11.8. The lowest BCUT2D eigenvalue weighted by molar-refractivity contribution is -0.123. The molecular weight excluding hydrogens is 212 g/mol. The average molecular weight is 234 g/mol. The van der Waals surface area contributed by atoms with Gasteiger partial charge in [-0.05, 0) is 33.3 Å². The highest BCUT2D eigenvalue weighted by molar-refractivity contribution is 5.81. The molecule has 0 aliphatic rings. The van der Waals surface area contributed by atoms with Gasteiger partial charge in [-0.1, -0.05) is 30.3 Å². The molecule has 0 heterocycles. The van der Waals surface area contributed by atoms with Crippen LogP contribution in [-0.2, 0) is 11.3 Å². The predicted octanol–water partition coefficient (Wildman–Crippen LogP) is 2.08. The van der Waals surface area contributed by atoms with Crippen LogP contribution in [0.5, 0.6) is 0 Å². The quantitative estimate of drug-likeness (QED) is 0.837. The smallest absolute Gasteiger partial charge is 0.237 e. The van der Waals surface area contributed by atoms with E-state index in [1.165, 1.54) is 0 Å². The van der Waals surface area contributed by atoms with E-state index in [9.17, 15) is 4.79 Å². The highest BCUT2D eigenvalue weighted by Crippen LogP contribution is 2.02. The number of carbonyl (C=O) groups is 1. The zero-order chi connectivity index (χ0) is 12.9. The zero-order valence-corrected chi connectivity index (χ0v) is 11.1. The summed E-state index contributed by atoms with van der Waals surface area (Å²) in [5.74, 6) is 0.0313. The van der Waals surface area contributed by atoms with Crippen LogP contribution in [0.1, 0.15) is 33.3 Å². The molecule has 1 unspecified atom stereocenters. The van der Waals surface area contributed by atoms with Gasteiger partial charge in [-0.3, -0.25) is 4.79 Å². The van der Waals surface area contributed by atoms with Gasteiger partial charge < -0.3 is 10.6 Å². The molecule has 1 aromatic carbocycles. The Morgan fingerprint density at radius 3 is 2.35 bits per heavy atom. The normalized spacial score (nSPS) is 13.2. The SMILES string of the molecule is CC(NC(C)(C)C)C(=O)NCc1ccccc1. The van der Waals surface area contributed by atoms with Gasteiger partial charge in [0.15, 0.2) is 0 Å². The number of rotatable bonds is 4. The van der Waals surface area contributed by atoms with Crippen molar-refractivity contribution in [3.8, 4) is 0 Å². The van der Waals surface area contributed by atoms with Crippen molar-refractivity contribution in [2.24, 2.45) is 0 Å². The minimum atomic E-state index is -0.182. The monoisotopic (exact) mass is 234 g/mol. The molecule has 3 heteroatoms. The van der Waals surface area contributed by atoms with E-state index in [1.807, 2.05) is 58.0 Å². The maximum absolute atomic E-state index is 11.8. The Kier molecular flexibility index (Phi) is 4.70. The number of hydrogen-bond donors (Lipinski definition) is 2. The molecule has 94 valence electrons. The van der Waals surface area contributed by atoms with Crippen molar-refractivity contribution in [3.05, 3.63) is 35.9 Å². The Morgan fingerprint density at radius 2 is 1.82 bits per heavy atom. The molecule has 1 rings (SSSR count). The Labute approximate surface area is 104 Å². The van der Waals surface area contributed by atoms with Crippen molar-refractivity contribution in [1.29, 1.82) is 0 Å². The van der Waals surface area contributed by atoms with Gasteiger partial charge in [0, 0.05) is 12.1 Å². The molecule has 0 aliphatic carbocycles. The lowest BCUT2D eigenvalue weighted by Gasteiger charge is -2.25. The fourth-order valence-corrected chi connectivity index (χ4v) is 1.65. The molecule has 1 aromatic rings. The third-order valence-electron chi connectivity index (χ3n) is 2.35. The van der Waals surface area contributed by atoms with Gasteiger partial charge in [-0.15, -0.1) is 0 Å². The lowest BCUT2D eigenvalue weighted by atomic mass is 10.1. The van der Waals surface area contributed by atoms with E-state index in [0.717, 1.165) is 5.56 Å². The Morgan fingerprint density at radius 1 is 1.24 bits per heavy atom. The molecule has 0 spiro atoms. The third-order valence-corrected chi connectivity index (χ3v) is 2.35. The molecule has 0 saturated carbocycles. The van der Waals surface area contributed by atoms with Crippen LogP contribution in [0.4, 0.5) is 0 Å². The Hall–Kier alpha value is -1.35. The summed E-state index contributed by atoms with van der Waals surface area (Å²) < 4.78 is 0. The van der Waals surface area contributed by atoms with Crippen LogP contribution in [0.3, 0.4) is 0 Å². The van der Waals surface area contributed by atoms with Crippen molar-refractivity contribution in [2.75, 3.05) is 0 Å². The van der Waals surface area contributed by atoms with E-state index in [2.05, 4.69) is 10.6 Å². The summed E-state index contributed by atoms with van der Waals surface area (Å²) in [6.45, 7) is 8.61.